The lowest BCUT2D eigenvalue weighted by molar-refractivity contribution is 0.299. The third kappa shape index (κ3) is 4.48. The maximum atomic E-state index is 8.93. The van der Waals surface area contributed by atoms with Gasteiger partial charge in [-0.2, -0.15) is 10.2 Å². The van der Waals surface area contributed by atoms with Crippen molar-refractivity contribution in [2.45, 2.75) is 19.8 Å². The minimum absolute atomic E-state index is 0.153. The summed E-state index contributed by atoms with van der Waals surface area (Å²) in [6.07, 6.45) is 1.31. The number of hydrogen-bond donors (Lipinski definition) is 2. The first-order chi connectivity index (χ1) is 10.2. The minimum atomic E-state index is 0.153. The van der Waals surface area contributed by atoms with Crippen molar-refractivity contribution in [3.8, 4) is 0 Å². The maximum absolute atomic E-state index is 8.93. The summed E-state index contributed by atoms with van der Waals surface area (Å²) in [5.74, 6) is 0. The Kier molecular flexibility index (Phi) is 5.60. The molecule has 0 aliphatic carbocycles. The summed E-state index contributed by atoms with van der Waals surface area (Å²) in [5, 5.41) is 26.3. The van der Waals surface area contributed by atoms with E-state index in [9.17, 15) is 0 Å². The molecule has 0 radical (unpaired) electrons. The van der Waals surface area contributed by atoms with Crippen LogP contribution in [0, 0.1) is 6.92 Å². The number of aryl methyl sites for hydroxylation is 1. The second-order valence-electron chi connectivity index (χ2n) is 4.93. The molecule has 0 aliphatic heterocycles. The third-order valence-electron chi connectivity index (χ3n) is 3.27. The fourth-order valence-corrected chi connectivity index (χ4v) is 2.08. The van der Waals surface area contributed by atoms with Crippen molar-refractivity contribution in [1.82, 2.24) is 0 Å². The molecule has 0 saturated carbocycles. The van der Waals surface area contributed by atoms with Crippen LogP contribution in [0.3, 0.4) is 0 Å². The summed E-state index contributed by atoms with van der Waals surface area (Å²) in [4.78, 5) is 0. The van der Waals surface area contributed by atoms with Crippen molar-refractivity contribution < 1.29 is 10.2 Å². The highest BCUT2D eigenvalue weighted by atomic mass is 16.3. The van der Waals surface area contributed by atoms with Crippen LogP contribution >= 0.6 is 0 Å². The summed E-state index contributed by atoms with van der Waals surface area (Å²) in [7, 11) is 0. The molecule has 0 atom stereocenters. The molecule has 110 valence electrons. The molecule has 4 nitrogen and oxygen atoms in total. The van der Waals surface area contributed by atoms with E-state index < -0.39 is 0 Å². The highest BCUT2D eigenvalue weighted by Gasteiger charge is 1.99. The first-order valence-electron chi connectivity index (χ1n) is 7.05. The van der Waals surface area contributed by atoms with E-state index in [-0.39, 0.29) is 13.2 Å². The van der Waals surface area contributed by atoms with E-state index in [0.29, 0.717) is 12.8 Å². The first kappa shape index (κ1) is 15.4. The Labute approximate surface area is 124 Å². The van der Waals surface area contributed by atoms with Gasteiger partial charge in [0.15, 0.2) is 0 Å². The highest BCUT2D eigenvalue weighted by Crippen LogP contribution is 2.23. The molecule has 0 spiro atoms. The smallest absolute Gasteiger partial charge is 0.0886 e. The fourth-order valence-electron chi connectivity index (χ4n) is 2.08. The standard InChI is InChI=1S/C17H20N2O2/c1-13-12-15(9-11-21)4-7-17(13)19-18-16-5-2-14(3-6-16)8-10-20/h2-7,12,20-21H,8-11H2,1H3. The molecule has 2 aromatic carbocycles. The summed E-state index contributed by atoms with van der Waals surface area (Å²) >= 11 is 0. The molecule has 2 aromatic rings. The molecule has 21 heavy (non-hydrogen) atoms. The summed E-state index contributed by atoms with van der Waals surface area (Å²) in [5.41, 5.74) is 4.84. The van der Waals surface area contributed by atoms with Crippen LogP contribution < -0.4 is 0 Å². The molecule has 0 aliphatic rings. The summed E-state index contributed by atoms with van der Waals surface area (Å²) < 4.78 is 0. The van der Waals surface area contributed by atoms with Gasteiger partial charge >= 0.3 is 0 Å². The van der Waals surface area contributed by atoms with Crippen LogP contribution in [0.5, 0.6) is 0 Å². The molecule has 0 bridgehead atoms. The van der Waals surface area contributed by atoms with Gasteiger partial charge in [0, 0.05) is 13.2 Å². The van der Waals surface area contributed by atoms with Gasteiger partial charge in [-0.25, -0.2) is 0 Å². The predicted molar refractivity (Wildman–Crippen MR) is 83.4 cm³/mol. The van der Waals surface area contributed by atoms with Gasteiger partial charge in [-0.15, -0.1) is 0 Å². The van der Waals surface area contributed by atoms with Crippen molar-refractivity contribution in [2.24, 2.45) is 10.2 Å². The Morgan fingerprint density at radius 2 is 1.43 bits per heavy atom. The number of benzene rings is 2. The number of aliphatic hydroxyl groups is 2. The van der Waals surface area contributed by atoms with Crippen molar-refractivity contribution in [1.29, 1.82) is 0 Å². The molecular weight excluding hydrogens is 264 g/mol. The van der Waals surface area contributed by atoms with Crippen LogP contribution in [0.1, 0.15) is 16.7 Å². The maximum Gasteiger partial charge on any atom is 0.0886 e. The molecule has 0 fully saturated rings. The van der Waals surface area contributed by atoms with Crippen molar-refractivity contribution in [2.75, 3.05) is 13.2 Å². The van der Waals surface area contributed by atoms with E-state index in [1.54, 1.807) is 0 Å². The van der Waals surface area contributed by atoms with Crippen LogP contribution in [0.4, 0.5) is 11.4 Å². The SMILES string of the molecule is Cc1cc(CCO)ccc1N=Nc1ccc(CCO)cc1. The van der Waals surface area contributed by atoms with Gasteiger partial charge in [0.25, 0.3) is 0 Å². The number of azo groups is 1. The van der Waals surface area contributed by atoms with E-state index in [1.807, 2.05) is 49.4 Å². The Bertz CT molecular complexity index is 607. The van der Waals surface area contributed by atoms with E-state index in [0.717, 1.165) is 28.1 Å². The number of hydrogen-bond acceptors (Lipinski definition) is 4. The Hall–Kier alpha value is -2.04. The molecule has 0 saturated heterocycles. The molecule has 4 heteroatoms. The van der Waals surface area contributed by atoms with Gasteiger partial charge in [0.1, 0.15) is 0 Å². The van der Waals surface area contributed by atoms with Gasteiger partial charge in [-0.05, 0) is 54.7 Å². The highest BCUT2D eigenvalue weighted by molar-refractivity contribution is 5.48. The first-order valence-corrected chi connectivity index (χ1v) is 7.05. The Morgan fingerprint density at radius 3 is 2.05 bits per heavy atom. The molecule has 0 amide bonds. The lowest BCUT2D eigenvalue weighted by Crippen LogP contribution is -1.90. The molecule has 2 rings (SSSR count). The van der Waals surface area contributed by atoms with Crippen molar-refractivity contribution in [3.05, 3.63) is 59.2 Å². The average Bonchev–Trinajstić information content (AvgIpc) is 2.49. The topological polar surface area (TPSA) is 65.2 Å². The summed E-state index contributed by atoms with van der Waals surface area (Å²) in [6.45, 7) is 2.29. The van der Waals surface area contributed by atoms with Gasteiger partial charge in [-0.1, -0.05) is 24.3 Å². The molecule has 2 N–H and O–H groups in total. The second kappa shape index (κ2) is 7.67. The van der Waals surface area contributed by atoms with Gasteiger partial charge in [0.2, 0.25) is 0 Å². The Balaban J connectivity index is 2.09. The quantitative estimate of drug-likeness (QED) is 0.798. The zero-order chi connectivity index (χ0) is 15.1. The number of nitrogens with zero attached hydrogens (tertiary/aromatic N) is 2. The zero-order valence-electron chi connectivity index (χ0n) is 12.2. The van der Waals surface area contributed by atoms with E-state index in [4.69, 9.17) is 10.2 Å². The normalized spacial score (nSPS) is 11.2. The lowest BCUT2D eigenvalue weighted by Gasteiger charge is -2.03. The fraction of sp³-hybridized carbons (Fsp3) is 0.294. The van der Waals surface area contributed by atoms with Crippen LogP contribution in [0.15, 0.2) is 52.7 Å². The summed E-state index contributed by atoms with van der Waals surface area (Å²) in [6, 6.07) is 13.6. The molecule has 0 heterocycles. The number of aliphatic hydroxyl groups excluding tert-OH is 2. The largest absolute Gasteiger partial charge is 0.396 e. The average molecular weight is 284 g/mol. The monoisotopic (exact) mass is 284 g/mol. The lowest BCUT2D eigenvalue weighted by atomic mass is 10.1. The van der Waals surface area contributed by atoms with Gasteiger partial charge < -0.3 is 10.2 Å². The molecular formula is C17H20N2O2. The molecule has 0 aromatic heterocycles. The van der Waals surface area contributed by atoms with Crippen LogP contribution in [-0.4, -0.2) is 23.4 Å². The molecule has 0 unspecified atom stereocenters. The van der Waals surface area contributed by atoms with Crippen molar-refractivity contribution in [3.63, 3.8) is 0 Å². The van der Waals surface area contributed by atoms with Gasteiger partial charge in [-0.3, -0.25) is 0 Å². The zero-order valence-corrected chi connectivity index (χ0v) is 12.2. The van der Waals surface area contributed by atoms with E-state index >= 15 is 0 Å². The number of rotatable bonds is 6. The van der Waals surface area contributed by atoms with E-state index in [1.165, 1.54) is 0 Å². The predicted octanol–water partition coefficient (Wildman–Crippen LogP) is 3.48. The second-order valence-corrected chi connectivity index (χ2v) is 4.93. The van der Waals surface area contributed by atoms with Gasteiger partial charge in [0.05, 0.1) is 11.4 Å². The van der Waals surface area contributed by atoms with E-state index in [2.05, 4.69) is 10.2 Å². The van der Waals surface area contributed by atoms with Crippen molar-refractivity contribution >= 4 is 11.4 Å². The van der Waals surface area contributed by atoms with Crippen LogP contribution in [0.2, 0.25) is 0 Å². The van der Waals surface area contributed by atoms with Crippen LogP contribution in [-0.2, 0) is 12.8 Å². The third-order valence-corrected chi connectivity index (χ3v) is 3.27. The minimum Gasteiger partial charge on any atom is -0.396 e. The van der Waals surface area contributed by atoms with Crippen LogP contribution in [0.25, 0.3) is 0 Å². The Morgan fingerprint density at radius 1 is 0.810 bits per heavy atom.